The van der Waals surface area contributed by atoms with Crippen LogP contribution in [0.4, 0.5) is 0 Å². The summed E-state index contributed by atoms with van der Waals surface area (Å²) in [5.41, 5.74) is 7.52. The van der Waals surface area contributed by atoms with E-state index in [1.807, 2.05) is 12.1 Å². The average molecular weight is 178 g/mol. The van der Waals surface area contributed by atoms with Gasteiger partial charge >= 0.3 is 0 Å². The highest BCUT2D eigenvalue weighted by Gasteiger charge is 2.32. The number of rotatable bonds is 1. The molecule has 3 nitrogen and oxygen atoms in total. The van der Waals surface area contributed by atoms with E-state index in [9.17, 15) is 5.11 Å². The Morgan fingerprint density at radius 1 is 1.62 bits per heavy atom. The molecule has 0 aliphatic heterocycles. The molecular formula is C10H14N2O. The number of nitrogens with zero attached hydrogens (tertiary/aromatic N) is 1. The van der Waals surface area contributed by atoms with Crippen molar-refractivity contribution in [2.75, 3.05) is 6.61 Å². The van der Waals surface area contributed by atoms with E-state index in [0.29, 0.717) is 0 Å². The molecule has 70 valence electrons. The monoisotopic (exact) mass is 178 g/mol. The first-order valence-electron chi connectivity index (χ1n) is 4.60. The Hall–Kier alpha value is -0.930. The van der Waals surface area contributed by atoms with E-state index in [4.69, 9.17) is 5.73 Å². The molecule has 0 radical (unpaired) electrons. The molecule has 0 saturated carbocycles. The van der Waals surface area contributed by atoms with Crippen LogP contribution in [0.5, 0.6) is 0 Å². The first-order valence-corrected chi connectivity index (χ1v) is 4.60. The third kappa shape index (κ3) is 1.34. The largest absolute Gasteiger partial charge is 0.394 e. The summed E-state index contributed by atoms with van der Waals surface area (Å²) in [5, 5.41) is 9.23. The van der Waals surface area contributed by atoms with E-state index in [2.05, 4.69) is 4.98 Å². The van der Waals surface area contributed by atoms with E-state index in [1.165, 1.54) is 5.56 Å². The molecule has 3 N–H and O–H groups in total. The number of nitrogens with two attached hydrogens (primary N) is 1. The first kappa shape index (κ1) is 8.66. The maximum Gasteiger partial charge on any atom is 0.0820 e. The van der Waals surface area contributed by atoms with Crippen LogP contribution >= 0.6 is 0 Å². The molecule has 0 aromatic carbocycles. The van der Waals surface area contributed by atoms with Gasteiger partial charge in [-0.05, 0) is 30.9 Å². The van der Waals surface area contributed by atoms with Gasteiger partial charge in [0.05, 0.1) is 17.8 Å². The normalized spacial score (nSPS) is 26.9. The quantitative estimate of drug-likeness (QED) is 0.660. The predicted octanol–water partition coefficient (Wildman–Crippen LogP) is 0.564. The summed E-state index contributed by atoms with van der Waals surface area (Å²) in [7, 11) is 0. The Kier molecular flexibility index (Phi) is 2.06. The van der Waals surface area contributed by atoms with Crippen LogP contribution in [0.3, 0.4) is 0 Å². The number of pyridine rings is 1. The van der Waals surface area contributed by atoms with Gasteiger partial charge in [-0.25, -0.2) is 0 Å². The standard InChI is InChI=1S/C10H14N2O/c11-10(7-13)5-1-3-8-4-2-6-12-9(8)10/h2,4,6,13H,1,3,5,7,11H2. The Balaban J connectivity index is 2.48. The minimum atomic E-state index is -0.602. The van der Waals surface area contributed by atoms with Crippen molar-refractivity contribution in [3.05, 3.63) is 29.6 Å². The molecule has 1 heterocycles. The van der Waals surface area contributed by atoms with Crippen molar-refractivity contribution in [1.29, 1.82) is 0 Å². The van der Waals surface area contributed by atoms with Crippen LogP contribution in [0.15, 0.2) is 18.3 Å². The van der Waals surface area contributed by atoms with E-state index < -0.39 is 5.54 Å². The molecule has 0 spiro atoms. The fourth-order valence-electron chi connectivity index (χ4n) is 1.96. The predicted molar refractivity (Wildman–Crippen MR) is 50.1 cm³/mol. The van der Waals surface area contributed by atoms with Gasteiger partial charge in [-0.1, -0.05) is 6.07 Å². The van der Waals surface area contributed by atoms with E-state index >= 15 is 0 Å². The molecule has 2 rings (SSSR count). The molecule has 1 atom stereocenters. The lowest BCUT2D eigenvalue weighted by Gasteiger charge is -2.32. The Bertz CT molecular complexity index is 314. The van der Waals surface area contributed by atoms with Crippen molar-refractivity contribution in [3.8, 4) is 0 Å². The summed E-state index contributed by atoms with van der Waals surface area (Å²) in [6.45, 7) is -0.0169. The van der Waals surface area contributed by atoms with Gasteiger partial charge in [-0.3, -0.25) is 4.98 Å². The molecule has 1 aromatic rings. The SMILES string of the molecule is NC1(CO)CCCc2cccnc21. The number of aromatic nitrogens is 1. The molecule has 0 bridgehead atoms. The third-order valence-corrected chi connectivity index (χ3v) is 2.71. The highest BCUT2D eigenvalue weighted by Crippen LogP contribution is 2.30. The molecular weight excluding hydrogens is 164 g/mol. The third-order valence-electron chi connectivity index (χ3n) is 2.71. The van der Waals surface area contributed by atoms with Crippen LogP contribution < -0.4 is 5.73 Å². The zero-order valence-corrected chi connectivity index (χ0v) is 7.53. The van der Waals surface area contributed by atoms with Gasteiger partial charge in [0.2, 0.25) is 0 Å². The number of aliphatic hydroxyl groups is 1. The Labute approximate surface area is 77.6 Å². The molecule has 0 amide bonds. The van der Waals surface area contributed by atoms with Crippen LogP contribution in [0.25, 0.3) is 0 Å². The van der Waals surface area contributed by atoms with Gasteiger partial charge in [-0.15, -0.1) is 0 Å². The topological polar surface area (TPSA) is 59.1 Å². The Morgan fingerprint density at radius 2 is 2.46 bits per heavy atom. The van der Waals surface area contributed by atoms with Gasteiger partial charge in [0.1, 0.15) is 0 Å². The van der Waals surface area contributed by atoms with E-state index in [0.717, 1.165) is 25.0 Å². The van der Waals surface area contributed by atoms with Crippen LogP contribution in [-0.2, 0) is 12.0 Å². The smallest absolute Gasteiger partial charge is 0.0820 e. The number of aryl methyl sites for hydroxylation is 1. The summed E-state index contributed by atoms with van der Waals surface area (Å²) in [4.78, 5) is 4.26. The fraction of sp³-hybridized carbons (Fsp3) is 0.500. The van der Waals surface area contributed by atoms with Crippen molar-refractivity contribution >= 4 is 0 Å². The van der Waals surface area contributed by atoms with Gasteiger partial charge < -0.3 is 10.8 Å². The molecule has 0 saturated heterocycles. The van der Waals surface area contributed by atoms with Gasteiger partial charge in [0.15, 0.2) is 0 Å². The molecule has 3 heteroatoms. The van der Waals surface area contributed by atoms with Crippen molar-refractivity contribution in [2.45, 2.75) is 24.8 Å². The molecule has 1 aliphatic carbocycles. The second kappa shape index (κ2) is 3.09. The fourth-order valence-corrected chi connectivity index (χ4v) is 1.96. The maximum absolute atomic E-state index is 9.23. The van der Waals surface area contributed by atoms with Crippen LogP contribution in [0.2, 0.25) is 0 Å². The first-order chi connectivity index (χ1) is 6.26. The zero-order chi connectivity index (χ0) is 9.31. The summed E-state index contributed by atoms with van der Waals surface area (Å²) < 4.78 is 0. The second-order valence-electron chi connectivity index (χ2n) is 3.68. The lowest BCUT2D eigenvalue weighted by Crippen LogP contribution is -2.44. The van der Waals surface area contributed by atoms with Crippen LogP contribution in [0, 0.1) is 0 Å². The molecule has 1 unspecified atom stereocenters. The highest BCUT2D eigenvalue weighted by molar-refractivity contribution is 5.29. The van der Waals surface area contributed by atoms with E-state index in [1.54, 1.807) is 6.20 Å². The molecule has 1 aromatic heterocycles. The average Bonchev–Trinajstić information content (AvgIpc) is 2.19. The van der Waals surface area contributed by atoms with Crippen LogP contribution in [0.1, 0.15) is 24.1 Å². The summed E-state index contributed by atoms with van der Waals surface area (Å²) in [5.74, 6) is 0. The number of hydrogen-bond acceptors (Lipinski definition) is 3. The van der Waals surface area contributed by atoms with Crippen molar-refractivity contribution in [1.82, 2.24) is 4.98 Å². The minimum absolute atomic E-state index is 0.0169. The van der Waals surface area contributed by atoms with E-state index in [-0.39, 0.29) is 6.61 Å². The summed E-state index contributed by atoms with van der Waals surface area (Å²) in [6.07, 6.45) is 4.63. The maximum atomic E-state index is 9.23. The van der Waals surface area contributed by atoms with Crippen molar-refractivity contribution < 1.29 is 5.11 Å². The number of fused-ring (bicyclic) bond motifs is 1. The molecule has 0 fully saturated rings. The summed E-state index contributed by atoms with van der Waals surface area (Å²) in [6, 6.07) is 3.96. The lowest BCUT2D eigenvalue weighted by molar-refractivity contribution is 0.175. The number of hydrogen-bond donors (Lipinski definition) is 2. The molecule has 1 aliphatic rings. The van der Waals surface area contributed by atoms with Gasteiger partial charge in [0.25, 0.3) is 0 Å². The van der Waals surface area contributed by atoms with Crippen molar-refractivity contribution in [3.63, 3.8) is 0 Å². The molecule has 13 heavy (non-hydrogen) atoms. The van der Waals surface area contributed by atoms with Crippen LogP contribution in [-0.4, -0.2) is 16.7 Å². The second-order valence-corrected chi connectivity index (χ2v) is 3.68. The highest BCUT2D eigenvalue weighted by atomic mass is 16.3. The Morgan fingerprint density at radius 3 is 3.23 bits per heavy atom. The van der Waals surface area contributed by atoms with Crippen molar-refractivity contribution in [2.24, 2.45) is 5.73 Å². The van der Waals surface area contributed by atoms with Gasteiger partial charge in [0, 0.05) is 6.20 Å². The minimum Gasteiger partial charge on any atom is -0.394 e. The number of aliphatic hydroxyl groups excluding tert-OH is 1. The lowest BCUT2D eigenvalue weighted by atomic mass is 9.81. The zero-order valence-electron chi connectivity index (χ0n) is 7.53. The van der Waals surface area contributed by atoms with Gasteiger partial charge in [-0.2, -0.15) is 0 Å². The summed E-state index contributed by atoms with van der Waals surface area (Å²) >= 11 is 0.